The topological polar surface area (TPSA) is 17.1 Å². The van der Waals surface area contributed by atoms with Crippen LogP contribution in [-0.4, -0.2) is 5.78 Å². The van der Waals surface area contributed by atoms with Gasteiger partial charge in [-0.25, -0.2) is 0 Å². The maximum absolute atomic E-state index is 13.4. The van der Waals surface area contributed by atoms with Gasteiger partial charge in [0.15, 0.2) is 5.78 Å². The van der Waals surface area contributed by atoms with Gasteiger partial charge in [-0.2, -0.15) is 0 Å². The summed E-state index contributed by atoms with van der Waals surface area (Å²) in [5, 5.41) is 0. The van der Waals surface area contributed by atoms with E-state index >= 15 is 0 Å². The molecule has 30 heavy (non-hydrogen) atoms. The van der Waals surface area contributed by atoms with E-state index in [1.54, 1.807) is 0 Å². The number of aryl methyl sites for hydroxylation is 2. The van der Waals surface area contributed by atoms with Crippen LogP contribution >= 0.6 is 0 Å². The Hall–Kier alpha value is -3.45. The summed E-state index contributed by atoms with van der Waals surface area (Å²) in [6.07, 6.45) is 8.10. The zero-order valence-corrected chi connectivity index (χ0v) is 17.4. The predicted molar refractivity (Wildman–Crippen MR) is 126 cm³/mol. The highest BCUT2D eigenvalue weighted by Crippen LogP contribution is 2.43. The van der Waals surface area contributed by atoms with Crippen molar-refractivity contribution in [3.63, 3.8) is 0 Å². The van der Waals surface area contributed by atoms with Crippen molar-refractivity contribution in [1.29, 1.82) is 0 Å². The third-order valence-corrected chi connectivity index (χ3v) is 6.24. The first kappa shape index (κ1) is 18.6. The lowest BCUT2D eigenvalue weighted by molar-refractivity contribution is -0.110. The Kier molecular flexibility index (Phi) is 4.59. The van der Waals surface area contributed by atoms with Gasteiger partial charge < -0.3 is 0 Å². The standard InChI is InChI=1S/C29H24O/c1-3-19-9-5-7-11-23(19)21-13-14-25-22(17-21)18-28-26(25)15-16-27(29(28)30)24-12-8-6-10-20(24)4-2/h5-18H,3-4H2,1-2H3. The Bertz CT molecular complexity index is 1270. The van der Waals surface area contributed by atoms with Crippen LogP contribution in [0, 0.1) is 0 Å². The molecule has 2 aliphatic rings. The van der Waals surface area contributed by atoms with E-state index in [2.05, 4.69) is 80.6 Å². The third-order valence-electron chi connectivity index (χ3n) is 6.24. The van der Waals surface area contributed by atoms with E-state index in [-0.39, 0.29) is 5.78 Å². The fraction of sp³-hybridized carbons (Fsp3) is 0.138. The van der Waals surface area contributed by atoms with Gasteiger partial charge in [0.1, 0.15) is 0 Å². The lowest BCUT2D eigenvalue weighted by atomic mass is 9.85. The number of hydrogen-bond donors (Lipinski definition) is 0. The molecule has 0 aromatic heterocycles. The molecule has 0 spiro atoms. The minimum Gasteiger partial charge on any atom is -0.289 e. The maximum Gasteiger partial charge on any atom is 0.194 e. The van der Waals surface area contributed by atoms with Gasteiger partial charge in [0.25, 0.3) is 0 Å². The summed E-state index contributed by atoms with van der Waals surface area (Å²) >= 11 is 0. The second-order valence-corrected chi connectivity index (χ2v) is 7.87. The van der Waals surface area contributed by atoms with Crippen LogP contribution in [0.2, 0.25) is 0 Å². The molecule has 3 aromatic carbocycles. The van der Waals surface area contributed by atoms with Crippen molar-refractivity contribution in [2.24, 2.45) is 0 Å². The van der Waals surface area contributed by atoms with Gasteiger partial charge in [-0.15, -0.1) is 0 Å². The molecule has 0 unspecified atom stereocenters. The molecule has 0 N–H and O–H groups in total. The van der Waals surface area contributed by atoms with Crippen molar-refractivity contribution in [2.75, 3.05) is 0 Å². The molecule has 2 aliphatic carbocycles. The van der Waals surface area contributed by atoms with Crippen molar-refractivity contribution in [2.45, 2.75) is 26.7 Å². The molecular formula is C29H24O. The molecule has 0 bridgehead atoms. The molecular weight excluding hydrogens is 364 g/mol. The number of benzene rings is 3. The Morgan fingerprint density at radius 1 is 0.633 bits per heavy atom. The van der Waals surface area contributed by atoms with Crippen molar-refractivity contribution in [3.05, 3.63) is 112 Å². The molecule has 5 rings (SSSR count). The summed E-state index contributed by atoms with van der Waals surface area (Å²) in [5.41, 5.74) is 11.0. The summed E-state index contributed by atoms with van der Waals surface area (Å²) < 4.78 is 0. The normalized spacial score (nSPS) is 14.6. The molecule has 0 heterocycles. The summed E-state index contributed by atoms with van der Waals surface area (Å²) in [5.74, 6) is 0.125. The van der Waals surface area contributed by atoms with Gasteiger partial charge in [-0.3, -0.25) is 4.79 Å². The number of hydrogen-bond acceptors (Lipinski definition) is 1. The number of Topliss-reactive ketones (excluding diaryl/α,β-unsaturated/α-hetero) is 1. The van der Waals surface area contributed by atoms with Crippen LogP contribution in [0.3, 0.4) is 0 Å². The second kappa shape index (κ2) is 7.42. The molecule has 1 nitrogen and oxygen atoms in total. The smallest absolute Gasteiger partial charge is 0.194 e. The molecule has 0 radical (unpaired) electrons. The summed E-state index contributed by atoms with van der Waals surface area (Å²) in [4.78, 5) is 13.4. The molecule has 3 aromatic rings. The number of ketones is 1. The minimum absolute atomic E-state index is 0.125. The number of fused-ring (bicyclic) bond motifs is 3. The molecule has 0 aliphatic heterocycles. The van der Waals surface area contributed by atoms with E-state index in [1.165, 1.54) is 22.3 Å². The maximum atomic E-state index is 13.4. The van der Waals surface area contributed by atoms with Crippen LogP contribution < -0.4 is 0 Å². The van der Waals surface area contributed by atoms with Crippen LogP contribution in [0.15, 0.2) is 84.5 Å². The average molecular weight is 389 g/mol. The Labute approximate surface area is 178 Å². The number of carbonyl (C=O) groups excluding carboxylic acids is 1. The van der Waals surface area contributed by atoms with Gasteiger partial charge in [0.2, 0.25) is 0 Å². The lowest BCUT2D eigenvalue weighted by Gasteiger charge is -2.16. The molecule has 0 amide bonds. The van der Waals surface area contributed by atoms with Crippen LogP contribution in [0.1, 0.15) is 41.7 Å². The van der Waals surface area contributed by atoms with E-state index in [9.17, 15) is 4.79 Å². The van der Waals surface area contributed by atoms with Crippen LogP contribution in [0.5, 0.6) is 0 Å². The Balaban J connectivity index is 1.57. The van der Waals surface area contributed by atoms with Crippen molar-refractivity contribution < 1.29 is 4.79 Å². The van der Waals surface area contributed by atoms with Crippen LogP contribution in [0.4, 0.5) is 0 Å². The summed E-state index contributed by atoms with van der Waals surface area (Å²) in [7, 11) is 0. The van der Waals surface area contributed by atoms with Crippen molar-refractivity contribution in [3.8, 4) is 11.1 Å². The molecule has 0 saturated carbocycles. The minimum atomic E-state index is 0.125. The first-order valence-electron chi connectivity index (χ1n) is 10.7. The fourth-order valence-electron chi connectivity index (χ4n) is 4.64. The van der Waals surface area contributed by atoms with Gasteiger partial charge >= 0.3 is 0 Å². The van der Waals surface area contributed by atoms with Gasteiger partial charge in [0.05, 0.1) is 0 Å². The lowest BCUT2D eigenvalue weighted by Crippen LogP contribution is -2.10. The van der Waals surface area contributed by atoms with Crippen LogP contribution in [0.25, 0.3) is 28.3 Å². The Morgan fingerprint density at radius 2 is 1.27 bits per heavy atom. The average Bonchev–Trinajstić information content (AvgIpc) is 3.18. The fourth-order valence-corrected chi connectivity index (χ4v) is 4.64. The first-order chi connectivity index (χ1) is 14.7. The molecule has 146 valence electrons. The highest BCUT2D eigenvalue weighted by molar-refractivity contribution is 6.38. The van der Waals surface area contributed by atoms with E-state index in [0.717, 1.165) is 46.3 Å². The third kappa shape index (κ3) is 2.90. The van der Waals surface area contributed by atoms with Crippen molar-refractivity contribution in [1.82, 2.24) is 0 Å². The molecule has 0 fully saturated rings. The number of allylic oxidation sites excluding steroid dienone is 5. The van der Waals surface area contributed by atoms with Gasteiger partial charge in [-0.05, 0) is 75.6 Å². The molecule has 0 saturated heterocycles. The van der Waals surface area contributed by atoms with Gasteiger partial charge in [-0.1, -0.05) is 80.6 Å². The van der Waals surface area contributed by atoms with E-state index < -0.39 is 0 Å². The SMILES string of the molecule is CCc1ccccc1C1=CC=C2C(=Cc3cc(-c4ccccc4CC)ccc32)C1=O. The number of carbonyl (C=O) groups is 1. The largest absolute Gasteiger partial charge is 0.289 e. The van der Waals surface area contributed by atoms with E-state index in [0.29, 0.717) is 0 Å². The monoisotopic (exact) mass is 388 g/mol. The highest BCUT2D eigenvalue weighted by Gasteiger charge is 2.29. The quantitative estimate of drug-likeness (QED) is 0.474. The predicted octanol–water partition coefficient (Wildman–Crippen LogP) is 6.93. The van der Waals surface area contributed by atoms with E-state index in [4.69, 9.17) is 0 Å². The first-order valence-corrected chi connectivity index (χ1v) is 10.7. The number of rotatable bonds is 4. The molecule has 1 heteroatoms. The second-order valence-electron chi connectivity index (χ2n) is 7.87. The zero-order valence-electron chi connectivity index (χ0n) is 17.4. The summed E-state index contributed by atoms with van der Waals surface area (Å²) in [6, 6.07) is 23.3. The Morgan fingerprint density at radius 3 is 2.00 bits per heavy atom. The zero-order chi connectivity index (χ0) is 20.7. The van der Waals surface area contributed by atoms with Crippen LogP contribution in [-0.2, 0) is 17.6 Å². The van der Waals surface area contributed by atoms with Crippen molar-refractivity contribution >= 4 is 23.0 Å². The van der Waals surface area contributed by atoms with E-state index in [1.807, 2.05) is 18.2 Å². The molecule has 0 atom stereocenters. The summed E-state index contributed by atoms with van der Waals surface area (Å²) in [6.45, 7) is 4.32. The highest BCUT2D eigenvalue weighted by atomic mass is 16.1. The van der Waals surface area contributed by atoms with Gasteiger partial charge in [0, 0.05) is 11.1 Å².